The van der Waals surface area contributed by atoms with Crippen LogP contribution in [0.2, 0.25) is 0 Å². The number of fused-ring (bicyclic) bond motifs is 3. The van der Waals surface area contributed by atoms with Crippen LogP contribution in [0.1, 0.15) is 0 Å². The van der Waals surface area contributed by atoms with Gasteiger partial charge < -0.3 is 9.88 Å². The summed E-state index contributed by atoms with van der Waals surface area (Å²) in [6, 6.07) is 53.8. The number of hydrogen-bond donors (Lipinski definition) is 1. The first kappa shape index (κ1) is 22.1. The molecule has 2 nitrogen and oxygen atoms in total. The molecule has 7 aromatic rings. The van der Waals surface area contributed by atoms with Crippen LogP contribution in [0.25, 0.3) is 49.7 Å². The van der Waals surface area contributed by atoms with Crippen molar-refractivity contribution < 1.29 is 0 Å². The van der Waals surface area contributed by atoms with Gasteiger partial charge in [0.1, 0.15) is 0 Å². The van der Waals surface area contributed by atoms with Crippen LogP contribution in [0.4, 0.5) is 11.4 Å². The van der Waals surface area contributed by atoms with E-state index in [0.717, 1.165) is 17.1 Å². The van der Waals surface area contributed by atoms with Gasteiger partial charge in [0.2, 0.25) is 0 Å². The van der Waals surface area contributed by atoms with Crippen molar-refractivity contribution in [2.24, 2.45) is 0 Å². The first-order valence-electron chi connectivity index (χ1n) is 13.0. The molecule has 0 fully saturated rings. The van der Waals surface area contributed by atoms with E-state index in [9.17, 15) is 0 Å². The number of para-hydroxylation sites is 2. The van der Waals surface area contributed by atoms with Crippen molar-refractivity contribution in [1.82, 2.24) is 4.57 Å². The molecule has 7 rings (SSSR count). The van der Waals surface area contributed by atoms with Gasteiger partial charge in [0, 0.05) is 27.8 Å². The lowest BCUT2D eigenvalue weighted by Gasteiger charge is -2.09. The summed E-state index contributed by atoms with van der Waals surface area (Å²) >= 11 is 0. The molecule has 0 aliphatic heterocycles. The van der Waals surface area contributed by atoms with Crippen molar-refractivity contribution in [2.45, 2.75) is 0 Å². The van der Waals surface area contributed by atoms with Gasteiger partial charge in [-0.05, 0) is 76.9 Å². The third-order valence-corrected chi connectivity index (χ3v) is 7.17. The van der Waals surface area contributed by atoms with Gasteiger partial charge in [0.05, 0.1) is 11.0 Å². The Hall–Kier alpha value is -5.08. The maximum atomic E-state index is 3.57. The molecular formula is C36H26N2. The van der Waals surface area contributed by atoms with Crippen LogP contribution in [0.3, 0.4) is 0 Å². The molecule has 0 amide bonds. The Balaban J connectivity index is 1.37. The fourth-order valence-corrected chi connectivity index (χ4v) is 5.31. The smallest absolute Gasteiger partial charge is 0.0542 e. The first-order chi connectivity index (χ1) is 18.8. The molecule has 0 aliphatic carbocycles. The Bertz CT molecular complexity index is 1850. The van der Waals surface area contributed by atoms with Crippen molar-refractivity contribution in [3.05, 3.63) is 152 Å². The number of nitrogens with zero attached hydrogens (tertiary/aromatic N) is 1. The largest absolute Gasteiger partial charge is 0.356 e. The van der Waals surface area contributed by atoms with Gasteiger partial charge >= 0.3 is 0 Å². The van der Waals surface area contributed by atoms with Crippen molar-refractivity contribution in [3.63, 3.8) is 0 Å². The van der Waals surface area contributed by atoms with E-state index in [1.807, 2.05) is 6.07 Å². The lowest BCUT2D eigenvalue weighted by Crippen LogP contribution is -1.93. The highest BCUT2D eigenvalue weighted by Crippen LogP contribution is 2.37. The number of rotatable bonds is 5. The predicted octanol–water partition coefficient (Wildman–Crippen LogP) is 9.86. The van der Waals surface area contributed by atoms with Gasteiger partial charge in [0.25, 0.3) is 0 Å². The first-order valence-corrected chi connectivity index (χ1v) is 13.0. The zero-order valence-corrected chi connectivity index (χ0v) is 20.9. The topological polar surface area (TPSA) is 17.0 Å². The highest BCUT2D eigenvalue weighted by molar-refractivity contribution is 6.11. The standard InChI is InChI=1S/C36H26N2/c1-4-10-26(11-5-1)27-16-18-28(19-17-27)29-20-22-35-33(24-29)34-25-31(37-30-12-6-2-7-13-30)21-23-36(34)38(35)32-14-8-3-9-15-32/h1-25,37H. The van der Waals surface area contributed by atoms with Crippen LogP contribution in [-0.4, -0.2) is 4.57 Å². The summed E-state index contributed by atoms with van der Waals surface area (Å²) in [5, 5.41) is 6.04. The van der Waals surface area contributed by atoms with Crippen LogP contribution >= 0.6 is 0 Å². The van der Waals surface area contributed by atoms with E-state index in [4.69, 9.17) is 0 Å². The quantitative estimate of drug-likeness (QED) is 0.256. The lowest BCUT2D eigenvalue weighted by atomic mass is 9.99. The Morgan fingerprint density at radius 2 is 0.868 bits per heavy atom. The molecule has 0 radical (unpaired) electrons. The molecule has 1 heterocycles. The molecule has 0 saturated heterocycles. The second-order valence-electron chi connectivity index (χ2n) is 9.57. The van der Waals surface area contributed by atoms with Gasteiger partial charge in [-0.15, -0.1) is 0 Å². The van der Waals surface area contributed by atoms with Crippen molar-refractivity contribution in [2.75, 3.05) is 5.32 Å². The molecule has 0 atom stereocenters. The third-order valence-electron chi connectivity index (χ3n) is 7.17. The Kier molecular flexibility index (Phi) is 5.49. The number of anilines is 2. The zero-order chi connectivity index (χ0) is 25.3. The second kappa shape index (κ2) is 9.42. The Morgan fingerprint density at radius 3 is 1.55 bits per heavy atom. The average Bonchev–Trinajstić information content (AvgIpc) is 3.32. The summed E-state index contributed by atoms with van der Waals surface area (Å²) in [5.41, 5.74) is 10.6. The van der Waals surface area contributed by atoms with Gasteiger partial charge in [0.15, 0.2) is 0 Å². The third kappa shape index (κ3) is 4.03. The van der Waals surface area contributed by atoms with Crippen molar-refractivity contribution in [1.29, 1.82) is 0 Å². The molecule has 2 heteroatoms. The minimum atomic E-state index is 1.08. The van der Waals surface area contributed by atoms with E-state index < -0.39 is 0 Å². The highest BCUT2D eigenvalue weighted by atomic mass is 15.0. The molecular weight excluding hydrogens is 460 g/mol. The van der Waals surface area contributed by atoms with Crippen LogP contribution in [-0.2, 0) is 0 Å². The summed E-state index contributed by atoms with van der Waals surface area (Å²) in [7, 11) is 0. The monoisotopic (exact) mass is 486 g/mol. The maximum absolute atomic E-state index is 3.57. The molecule has 0 unspecified atom stereocenters. The molecule has 0 bridgehead atoms. The summed E-state index contributed by atoms with van der Waals surface area (Å²) in [4.78, 5) is 0. The predicted molar refractivity (Wildman–Crippen MR) is 161 cm³/mol. The molecule has 6 aromatic carbocycles. The lowest BCUT2D eigenvalue weighted by molar-refractivity contribution is 1.18. The van der Waals surface area contributed by atoms with Crippen LogP contribution in [0, 0.1) is 0 Å². The Labute approximate surface area is 222 Å². The highest BCUT2D eigenvalue weighted by Gasteiger charge is 2.14. The van der Waals surface area contributed by atoms with Crippen LogP contribution < -0.4 is 5.32 Å². The molecule has 0 spiro atoms. The summed E-state index contributed by atoms with van der Waals surface area (Å²) < 4.78 is 2.36. The molecule has 1 aromatic heterocycles. The molecule has 180 valence electrons. The van der Waals surface area contributed by atoms with Crippen molar-refractivity contribution >= 4 is 33.2 Å². The summed E-state index contributed by atoms with van der Waals surface area (Å²) in [5.74, 6) is 0. The number of benzene rings is 6. The van der Waals surface area contributed by atoms with Gasteiger partial charge in [-0.3, -0.25) is 0 Å². The average molecular weight is 487 g/mol. The molecule has 38 heavy (non-hydrogen) atoms. The normalized spacial score (nSPS) is 11.2. The zero-order valence-electron chi connectivity index (χ0n) is 20.9. The summed E-state index contributed by atoms with van der Waals surface area (Å²) in [6.45, 7) is 0. The fourth-order valence-electron chi connectivity index (χ4n) is 5.31. The van der Waals surface area contributed by atoms with E-state index >= 15 is 0 Å². The Morgan fingerprint density at radius 1 is 0.368 bits per heavy atom. The number of nitrogens with one attached hydrogen (secondary N) is 1. The summed E-state index contributed by atoms with van der Waals surface area (Å²) in [6.07, 6.45) is 0. The van der Waals surface area contributed by atoms with E-state index in [1.54, 1.807) is 0 Å². The minimum Gasteiger partial charge on any atom is -0.356 e. The maximum Gasteiger partial charge on any atom is 0.0542 e. The fraction of sp³-hybridized carbons (Fsp3) is 0. The molecule has 0 aliphatic rings. The minimum absolute atomic E-state index is 1.08. The molecule has 1 N–H and O–H groups in total. The molecule has 0 saturated carbocycles. The number of aromatic nitrogens is 1. The second-order valence-corrected chi connectivity index (χ2v) is 9.57. The SMILES string of the molecule is c1ccc(Nc2ccc3c(c2)c2cc(-c4ccc(-c5ccccc5)cc4)ccc2n3-c2ccccc2)cc1. The van der Waals surface area contributed by atoms with Crippen molar-refractivity contribution in [3.8, 4) is 27.9 Å². The van der Waals surface area contributed by atoms with Gasteiger partial charge in [-0.25, -0.2) is 0 Å². The van der Waals surface area contributed by atoms with E-state index in [1.165, 1.54) is 44.1 Å². The van der Waals surface area contributed by atoms with E-state index in [-0.39, 0.29) is 0 Å². The van der Waals surface area contributed by atoms with Crippen LogP contribution in [0.5, 0.6) is 0 Å². The van der Waals surface area contributed by atoms with E-state index in [0.29, 0.717) is 0 Å². The van der Waals surface area contributed by atoms with Crippen LogP contribution in [0.15, 0.2) is 152 Å². The number of hydrogen-bond acceptors (Lipinski definition) is 1. The van der Waals surface area contributed by atoms with E-state index in [2.05, 4.69) is 155 Å². The van der Waals surface area contributed by atoms with Gasteiger partial charge in [-0.2, -0.15) is 0 Å². The van der Waals surface area contributed by atoms with Gasteiger partial charge in [-0.1, -0.05) is 97.1 Å².